The summed E-state index contributed by atoms with van der Waals surface area (Å²) in [6.07, 6.45) is 6.62. The smallest absolute Gasteiger partial charge is 0.344 e. The van der Waals surface area contributed by atoms with Gasteiger partial charge < -0.3 is 9.32 Å². The van der Waals surface area contributed by atoms with E-state index in [9.17, 15) is 4.79 Å². The SMILES string of the molecule is C=CCON1C(=O)N2CC=C(c3cnco3)C1C2. The summed E-state index contributed by atoms with van der Waals surface area (Å²) < 4.78 is 5.30. The van der Waals surface area contributed by atoms with Crippen molar-refractivity contribution >= 4 is 11.6 Å². The van der Waals surface area contributed by atoms with Gasteiger partial charge in [-0.2, -0.15) is 5.06 Å². The van der Waals surface area contributed by atoms with Gasteiger partial charge in [0.05, 0.1) is 19.3 Å². The van der Waals surface area contributed by atoms with Gasteiger partial charge in [-0.05, 0) is 0 Å². The maximum absolute atomic E-state index is 12.0. The zero-order chi connectivity index (χ0) is 12.5. The summed E-state index contributed by atoms with van der Waals surface area (Å²) in [5.74, 6) is 0.682. The summed E-state index contributed by atoms with van der Waals surface area (Å²) in [6.45, 7) is 5.07. The standard InChI is InChI=1S/C12H13N3O3/c1-2-5-18-15-10-7-14(12(15)16)4-3-9(10)11-6-13-8-17-11/h2-3,6,8,10H,1,4-5,7H2. The van der Waals surface area contributed by atoms with Crippen LogP contribution < -0.4 is 0 Å². The van der Waals surface area contributed by atoms with E-state index in [1.165, 1.54) is 11.5 Å². The first-order chi connectivity index (χ1) is 8.81. The van der Waals surface area contributed by atoms with Crippen molar-refractivity contribution in [3.63, 3.8) is 0 Å². The number of rotatable bonds is 4. The van der Waals surface area contributed by atoms with Crippen LogP contribution in [-0.2, 0) is 4.84 Å². The van der Waals surface area contributed by atoms with Gasteiger partial charge in [0.1, 0.15) is 6.04 Å². The quantitative estimate of drug-likeness (QED) is 0.752. The van der Waals surface area contributed by atoms with Crippen molar-refractivity contribution in [2.45, 2.75) is 6.04 Å². The maximum atomic E-state index is 12.0. The van der Waals surface area contributed by atoms with Gasteiger partial charge in [-0.1, -0.05) is 12.2 Å². The number of urea groups is 1. The molecule has 1 aromatic rings. The van der Waals surface area contributed by atoms with Gasteiger partial charge in [0.25, 0.3) is 0 Å². The lowest BCUT2D eigenvalue weighted by atomic mass is 10.0. The maximum Gasteiger partial charge on any atom is 0.344 e. The minimum absolute atomic E-state index is 0.118. The molecule has 0 spiro atoms. The summed E-state index contributed by atoms with van der Waals surface area (Å²) in [7, 11) is 0. The molecule has 2 amide bonds. The van der Waals surface area contributed by atoms with Crippen LogP contribution in [0, 0.1) is 0 Å². The number of hydrogen-bond acceptors (Lipinski definition) is 4. The van der Waals surface area contributed by atoms with Crippen molar-refractivity contribution in [3.05, 3.63) is 37.1 Å². The van der Waals surface area contributed by atoms with Crippen LogP contribution >= 0.6 is 0 Å². The van der Waals surface area contributed by atoms with Crippen LogP contribution in [0.3, 0.4) is 0 Å². The Labute approximate surface area is 104 Å². The van der Waals surface area contributed by atoms with Crippen molar-refractivity contribution in [1.82, 2.24) is 14.9 Å². The van der Waals surface area contributed by atoms with E-state index in [4.69, 9.17) is 9.25 Å². The Balaban J connectivity index is 1.88. The molecule has 0 saturated carbocycles. The van der Waals surface area contributed by atoms with Gasteiger partial charge in [0.2, 0.25) is 0 Å². The Bertz CT molecular complexity index is 495. The van der Waals surface area contributed by atoms with E-state index >= 15 is 0 Å². The summed E-state index contributed by atoms with van der Waals surface area (Å²) in [4.78, 5) is 23.1. The van der Waals surface area contributed by atoms with E-state index < -0.39 is 0 Å². The summed E-state index contributed by atoms with van der Waals surface area (Å²) in [5, 5.41) is 1.39. The molecule has 2 aliphatic rings. The highest BCUT2D eigenvalue weighted by atomic mass is 16.7. The molecule has 1 fully saturated rings. The number of nitrogens with zero attached hydrogens (tertiary/aromatic N) is 3. The number of carbonyl (C=O) groups excluding carboxylic acids is 1. The Morgan fingerprint density at radius 3 is 3.28 bits per heavy atom. The summed E-state index contributed by atoms with van der Waals surface area (Å²) in [5.41, 5.74) is 0.943. The molecule has 1 unspecified atom stereocenters. The molecule has 2 aliphatic heterocycles. The van der Waals surface area contributed by atoms with Crippen LogP contribution in [0.4, 0.5) is 4.79 Å². The number of hydrogen-bond donors (Lipinski definition) is 0. The second kappa shape index (κ2) is 4.30. The molecule has 1 aromatic heterocycles. The lowest BCUT2D eigenvalue weighted by molar-refractivity contribution is -0.105. The Hall–Kier alpha value is -2.08. The first-order valence-corrected chi connectivity index (χ1v) is 5.72. The molecule has 3 heterocycles. The predicted octanol–water partition coefficient (Wildman–Crippen LogP) is 1.30. The van der Waals surface area contributed by atoms with E-state index in [-0.39, 0.29) is 12.1 Å². The third-order valence-electron chi connectivity index (χ3n) is 3.07. The fourth-order valence-corrected chi connectivity index (χ4v) is 2.26. The first kappa shape index (κ1) is 11.0. The minimum atomic E-state index is -0.140. The van der Waals surface area contributed by atoms with Crippen LogP contribution in [0.25, 0.3) is 5.57 Å². The van der Waals surface area contributed by atoms with Gasteiger partial charge in [0, 0.05) is 12.1 Å². The molecule has 6 heteroatoms. The second-order valence-electron chi connectivity index (χ2n) is 4.14. The lowest BCUT2D eigenvalue weighted by Crippen LogP contribution is -2.34. The fourth-order valence-electron chi connectivity index (χ4n) is 2.26. The molecule has 0 N–H and O–H groups in total. The largest absolute Gasteiger partial charge is 0.444 e. The van der Waals surface area contributed by atoms with Crippen molar-refractivity contribution in [1.29, 1.82) is 0 Å². The van der Waals surface area contributed by atoms with E-state index in [2.05, 4.69) is 11.6 Å². The molecule has 3 rings (SSSR count). The molecule has 2 bridgehead atoms. The van der Waals surface area contributed by atoms with E-state index in [0.717, 1.165) is 5.57 Å². The van der Waals surface area contributed by atoms with Crippen molar-refractivity contribution in [2.24, 2.45) is 0 Å². The van der Waals surface area contributed by atoms with Crippen LogP contribution in [0.1, 0.15) is 5.76 Å². The number of fused-ring (bicyclic) bond motifs is 2. The number of carbonyl (C=O) groups is 1. The minimum Gasteiger partial charge on any atom is -0.444 e. The molecule has 0 aliphatic carbocycles. The Morgan fingerprint density at radius 1 is 1.67 bits per heavy atom. The number of oxazole rings is 1. The topological polar surface area (TPSA) is 58.8 Å². The third kappa shape index (κ3) is 1.62. The number of amides is 2. The van der Waals surface area contributed by atoms with Crippen LogP contribution in [0.2, 0.25) is 0 Å². The number of aromatic nitrogens is 1. The molecule has 0 aromatic carbocycles. The molecule has 1 atom stereocenters. The highest BCUT2D eigenvalue weighted by Crippen LogP contribution is 2.32. The zero-order valence-electron chi connectivity index (χ0n) is 9.78. The molecule has 6 nitrogen and oxygen atoms in total. The van der Waals surface area contributed by atoms with E-state index in [0.29, 0.717) is 25.5 Å². The van der Waals surface area contributed by atoms with E-state index in [1.54, 1.807) is 17.2 Å². The molecule has 1 saturated heterocycles. The van der Waals surface area contributed by atoms with Crippen molar-refractivity contribution in [2.75, 3.05) is 19.7 Å². The lowest BCUT2D eigenvalue weighted by Gasteiger charge is -2.23. The number of hydroxylamine groups is 2. The Kier molecular flexibility index (Phi) is 2.64. The zero-order valence-corrected chi connectivity index (χ0v) is 9.78. The van der Waals surface area contributed by atoms with Gasteiger partial charge in [-0.25, -0.2) is 9.78 Å². The predicted molar refractivity (Wildman–Crippen MR) is 63.2 cm³/mol. The fraction of sp³-hybridized carbons (Fsp3) is 0.333. The third-order valence-corrected chi connectivity index (χ3v) is 3.07. The van der Waals surface area contributed by atoms with Crippen LogP contribution in [-0.4, -0.2) is 46.7 Å². The highest BCUT2D eigenvalue weighted by molar-refractivity contribution is 5.83. The normalized spacial score (nSPS) is 22.3. The average molecular weight is 247 g/mol. The van der Waals surface area contributed by atoms with Crippen molar-refractivity contribution in [3.8, 4) is 0 Å². The average Bonchev–Trinajstić information content (AvgIpc) is 2.99. The molecule has 0 radical (unpaired) electrons. The van der Waals surface area contributed by atoms with Gasteiger partial charge >= 0.3 is 6.03 Å². The highest BCUT2D eigenvalue weighted by Gasteiger charge is 2.43. The molecule has 18 heavy (non-hydrogen) atoms. The van der Waals surface area contributed by atoms with Crippen LogP contribution in [0.15, 0.2) is 35.7 Å². The monoisotopic (exact) mass is 247 g/mol. The molecular weight excluding hydrogens is 234 g/mol. The van der Waals surface area contributed by atoms with Gasteiger partial charge in [-0.3, -0.25) is 4.84 Å². The van der Waals surface area contributed by atoms with E-state index in [1.807, 2.05) is 6.08 Å². The summed E-state index contributed by atoms with van der Waals surface area (Å²) in [6, 6.07) is -0.258. The van der Waals surface area contributed by atoms with Crippen molar-refractivity contribution < 1.29 is 14.0 Å². The Morgan fingerprint density at radius 2 is 2.56 bits per heavy atom. The second-order valence-corrected chi connectivity index (χ2v) is 4.14. The first-order valence-electron chi connectivity index (χ1n) is 5.72. The van der Waals surface area contributed by atoms with Crippen LogP contribution in [0.5, 0.6) is 0 Å². The van der Waals surface area contributed by atoms with Gasteiger partial charge in [-0.15, -0.1) is 6.58 Å². The van der Waals surface area contributed by atoms with Gasteiger partial charge in [0.15, 0.2) is 12.2 Å². The molecule has 94 valence electrons. The summed E-state index contributed by atoms with van der Waals surface area (Å²) >= 11 is 0. The molecular formula is C12H13N3O3.